The van der Waals surface area contributed by atoms with Gasteiger partial charge in [0.1, 0.15) is 35.7 Å². The average Bonchev–Trinajstić information content (AvgIpc) is 2.60. The number of hydrogen-bond donors (Lipinski definition) is 6. The minimum absolute atomic E-state index is 0.0464. The fourth-order valence-corrected chi connectivity index (χ4v) is 2.53. The van der Waals surface area contributed by atoms with Crippen molar-refractivity contribution in [3.63, 3.8) is 0 Å². The Balaban J connectivity index is 1.90. The number of hydrogen-bond acceptors (Lipinski definition) is 10. The Labute approximate surface area is 139 Å². The molecule has 3 rings (SSSR count). The fraction of sp³-hybridized carbons (Fsp3) is 0.400. The number of aliphatic hydroxyl groups is 4. The van der Waals surface area contributed by atoms with Crippen molar-refractivity contribution in [1.82, 2.24) is 0 Å². The lowest BCUT2D eigenvalue weighted by molar-refractivity contribution is -0.277. The Hall–Kier alpha value is -2.37. The highest BCUT2D eigenvalue weighted by Gasteiger charge is 2.44. The molecule has 2 aromatic rings. The van der Waals surface area contributed by atoms with Crippen LogP contribution in [0.5, 0.6) is 17.2 Å². The Morgan fingerprint density at radius 2 is 1.76 bits per heavy atom. The van der Waals surface area contributed by atoms with Crippen molar-refractivity contribution in [2.45, 2.75) is 30.7 Å². The maximum absolute atomic E-state index is 11.4. The molecule has 0 radical (unpaired) electrons. The third-order valence-electron chi connectivity index (χ3n) is 3.93. The summed E-state index contributed by atoms with van der Waals surface area (Å²) < 4.78 is 15.4. The van der Waals surface area contributed by atoms with E-state index in [9.17, 15) is 30.3 Å². The van der Waals surface area contributed by atoms with Crippen LogP contribution in [-0.2, 0) is 4.74 Å². The molecule has 2 heterocycles. The molecule has 1 saturated heterocycles. The van der Waals surface area contributed by atoms with Gasteiger partial charge in [0.25, 0.3) is 0 Å². The molecule has 0 unspecified atom stereocenters. The highest BCUT2D eigenvalue weighted by Crippen LogP contribution is 2.33. The van der Waals surface area contributed by atoms with Crippen LogP contribution >= 0.6 is 0 Å². The Morgan fingerprint density at radius 1 is 1.04 bits per heavy atom. The van der Waals surface area contributed by atoms with E-state index >= 15 is 0 Å². The largest absolute Gasteiger partial charge is 0.504 e. The smallest absolute Gasteiger partial charge is 0.382 e. The molecule has 1 aromatic heterocycles. The number of ether oxygens (including phenoxy) is 2. The molecule has 1 fully saturated rings. The molecule has 136 valence electrons. The van der Waals surface area contributed by atoms with Gasteiger partial charge < -0.3 is 44.5 Å². The van der Waals surface area contributed by atoms with E-state index in [1.54, 1.807) is 0 Å². The van der Waals surface area contributed by atoms with Gasteiger partial charge in [0.15, 0.2) is 5.75 Å². The second kappa shape index (κ2) is 6.50. The first kappa shape index (κ1) is 17.5. The predicted molar refractivity (Wildman–Crippen MR) is 80.2 cm³/mol. The molecule has 5 atom stereocenters. The molecule has 6 N–H and O–H groups in total. The molecule has 0 spiro atoms. The van der Waals surface area contributed by atoms with Gasteiger partial charge in [0.2, 0.25) is 12.0 Å². The van der Waals surface area contributed by atoms with E-state index in [2.05, 4.69) is 0 Å². The molecular weight excluding hydrogens is 340 g/mol. The van der Waals surface area contributed by atoms with Crippen LogP contribution in [0, 0.1) is 0 Å². The second-order valence-corrected chi connectivity index (χ2v) is 5.56. The number of aromatic hydroxyl groups is 2. The van der Waals surface area contributed by atoms with Crippen LogP contribution in [0.3, 0.4) is 0 Å². The number of aliphatic hydroxyl groups excluding tert-OH is 4. The van der Waals surface area contributed by atoms with Crippen LogP contribution in [0.25, 0.3) is 11.0 Å². The first-order valence-electron chi connectivity index (χ1n) is 7.29. The van der Waals surface area contributed by atoms with Gasteiger partial charge in [-0.05, 0) is 12.1 Å². The van der Waals surface area contributed by atoms with Crippen LogP contribution in [0.2, 0.25) is 0 Å². The van der Waals surface area contributed by atoms with Gasteiger partial charge >= 0.3 is 5.63 Å². The van der Waals surface area contributed by atoms with Crippen molar-refractivity contribution in [2.24, 2.45) is 0 Å². The first-order valence-corrected chi connectivity index (χ1v) is 7.29. The minimum Gasteiger partial charge on any atom is -0.504 e. The molecule has 10 heteroatoms. The van der Waals surface area contributed by atoms with E-state index in [0.717, 1.165) is 0 Å². The van der Waals surface area contributed by atoms with Crippen LogP contribution in [-0.4, -0.2) is 68.0 Å². The lowest BCUT2D eigenvalue weighted by atomic mass is 9.99. The maximum atomic E-state index is 11.4. The highest BCUT2D eigenvalue weighted by atomic mass is 16.7. The average molecular weight is 356 g/mol. The van der Waals surface area contributed by atoms with Crippen LogP contribution < -0.4 is 10.4 Å². The summed E-state index contributed by atoms with van der Waals surface area (Å²) in [5.41, 5.74) is -1.24. The van der Waals surface area contributed by atoms with E-state index in [4.69, 9.17) is 19.0 Å². The van der Waals surface area contributed by atoms with Gasteiger partial charge in [0, 0.05) is 6.07 Å². The Kier molecular flexibility index (Phi) is 4.54. The van der Waals surface area contributed by atoms with E-state index in [1.807, 2.05) is 0 Å². The van der Waals surface area contributed by atoms with Crippen molar-refractivity contribution in [3.8, 4) is 17.2 Å². The topological polar surface area (TPSA) is 170 Å². The minimum atomic E-state index is -1.60. The molecule has 0 amide bonds. The third-order valence-corrected chi connectivity index (χ3v) is 3.93. The summed E-state index contributed by atoms with van der Waals surface area (Å²) >= 11 is 0. The molecule has 1 aliphatic rings. The van der Waals surface area contributed by atoms with Crippen molar-refractivity contribution in [1.29, 1.82) is 0 Å². The third kappa shape index (κ3) is 3.01. The summed E-state index contributed by atoms with van der Waals surface area (Å²) in [7, 11) is 0. The maximum Gasteiger partial charge on any atom is 0.382 e. The van der Waals surface area contributed by atoms with Gasteiger partial charge in [-0.2, -0.15) is 0 Å². The van der Waals surface area contributed by atoms with E-state index < -0.39 is 54.4 Å². The molecule has 1 aliphatic heterocycles. The molecule has 1 aromatic carbocycles. The summed E-state index contributed by atoms with van der Waals surface area (Å²) in [6, 6.07) is 3.84. The van der Waals surface area contributed by atoms with Gasteiger partial charge in [-0.25, -0.2) is 4.79 Å². The van der Waals surface area contributed by atoms with Crippen LogP contribution in [0.1, 0.15) is 0 Å². The fourth-order valence-electron chi connectivity index (χ4n) is 2.53. The Bertz CT molecular complexity index is 829. The highest BCUT2D eigenvalue weighted by molar-refractivity contribution is 5.86. The summed E-state index contributed by atoms with van der Waals surface area (Å²) in [5, 5.41) is 57.7. The first-order chi connectivity index (χ1) is 11.8. The zero-order chi connectivity index (χ0) is 18.3. The lowest BCUT2D eigenvalue weighted by Crippen LogP contribution is -2.60. The lowest BCUT2D eigenvalue weighted by Gasteiger charge is -2.39. The van der Waals surface area contributed by atoms with Gasteiger partial charge in [0.05, 0.1) is 12.0 Å². The van der Waals surface area contributed by atoms with E-state index in [0.29, 0.717) is 0 Å². The molecule has 0 aliphatic carbocycles. The van der Waals surface area contributed by atoms with Crippen LogP contribution in [0.15, 0.2) is 27.4 Å². The monoisotopic (exact) mass is 356 g/mol. The summed E-state index contributed by atoms with van der Waals surface area (Å²) in [4.78, 5) is 11.4. The standard InChI is InChI=1S/C15H16O10/c16-4-8-10(18)11(19)13(21)15(25-8)23-5-1-2-6-7(3-5)24-14(22)12(20)9(6)17/h1-3,8,10-11,13,15-21H,4H2/t8-,10-,11+,13+,15+/m1/s1. The van der Waals surface area contributed by atoms with Crippen molar-refractivity contribution in [3.05, 3.63) is 28.6 Å². The summed E-state index contributed by atoms with van der Waals surface area (Å²) in [6.45, 7) is -0.607. The van der Waals surface area contributed by atoms with Crippen LogP contribution in [0.4, 0.5) is 0 Å². The normalized spacial score (nSPS) is 29.7. The molecule has 25 heavy (non-hydrogen) atoms. The summed E-state index contributed by atoms with van der Waals surface area (Å²) in [5.74, 6) is -1.52. The van der Waals surface area contributed by atoms with Crippen molar-refractivity contribution >= 4 is 11.0 Å². The molecule has 10 nitrogen and oxygen atoms in total. The number of rotatable bonds is 3. The number of benzene rings is 1. The van der Waals surface area contributed by atoms with Crippen molar-refractivity contribution < 1.29 is 44.5 Å². The van der Waals surface area contributed by atoms with Crippen molar-refractivity contribution in [2.75, 3.05) is 6.61 Å². The SMILES string of the molecule is O=c1oc2cc(O[C@H]3O[C@H](CO)[C@@H](O)[C@H](O)[C@@H]3O)ccc2c(O)c1O. The van der Waals surface area contributed by atoms with Gasteiger partial charge in [-0.3, -0.25) is 0 Å². The molecule has 0 bridgehead atoms. The van der Waals surface area contributed by atoms with E-state index in [-0.39, 0.29) is 16.7 Å². The van der Waals surface area contributed by atoms with Gasteiger partial charge in [-0.15, -0.1) is 0 Å². The quantitative estimate of drug-likeness (QED) is 0.351. The zero-order valence-corrected chi connectivity index (χ0v) is 12.6. The van der Waals surface area contributed by atoms with Gasteiger partial charge in [-0.1, -0.05) is 0 Å². The molecule has 0 saturated carbocycles. The molecular formula is C15H16O10. The zero-order valence-electron chi connectivity index (χ0n) is 12.6. The Morgan fingerprint density at radius 3 is 2.44 bits per heavy atom. The number of fused-ring (bicyclic) bond motifs is 1. The van der Waals surface area contributed by atoms with E-state index in [1.165, 1.54) is 18.2 Å². The second-order valence-electron chi connectivity index (χ2n) is 5.56. The predicted octanol–water partition coefficient (Wildman–Crippen LogP) is -1.62. The summed E-state index contributed by atoms with van der Waals surface area (Å²) in [6.07, 6.45) is -7.27.